The van der Waals surface area contributed by atoms with Crippen molar-refractivity contribution in [2.45, 2.75) is 22.7 Å². The first-order chi connectivity index (χ1) is 32.7. The predicted octanol–water partition coefficient (Wildman–Crippen LogP) is 14.3. The van der Waals surface area contributed by atoms with Crippen LogP contribution in [0.25, 0.3) is 67.2 Å². The van der Waals surface area contributed by atoms with E-state index in [9.17, 15) is 0 Å². The molecule has 0 saturated carbocycles. The third kappa shape index (κ3) is 4.55. The van der Waals surface area contributed by atoms with Gasteiger partial charge < -0.3 is 0 Å². The van der Waals surface area contributed by atoms with Gasteiger partial charge in [0, 0.05) is 40.4 Å². The molecule has 2 spiro atoms. The molecule has 0 fully saturated rings. The Kier molecular flexibility index (Phi) is 7.31. The zero-order chi connectivity index (χ0) is 43.1. The van der Waals surface area contributed by atoms with Crippen LogP contribution in [0.5, 0.6) is 0 Å². The van der Waals surface area contributed by atoms with Crippen molar-refractivity contribution in [1.82, 2.24) is 15.0 Å². The second-order valence-corrected chi connectivity index (χ2v) is 18.9. The maximum Gasteiger partial charge on any atom is 0.164 e. The molecular weight excluding hydrogens is 799 g/mol. The van der Waals surface area contributed by atoms with Crippen LogP contribution < -0.4 is 0 Å². The maximum absolute atomic E-state index is 5.54. The predicted molar refractivity (Wildman–Crippen MR) is 266 cm³/mol. The third-order valence-electron chi connectivity index (χ3n) is 16.1. The van der Waals surface area contributed by atoms with E-state index in [0.717, 1.165) is 27.5 Å². The summed E-state index contributed by atoms with van der Waals surface area (Å²) >= 11 is 0. The molecule has 308 valence electrons. The zero-order valence-electron chi connectivity index (χ0n) is 36.0. The van der Waals surface area contributed by atoms with E-state index in [1.165, 1.54) is 66.8 Å². The van der Waals surface area contributed by atoms with Crippen LogP contribution in [0.4, 0.5) is 0 Å². The molecule has 6 aliphatic rings. The van der Waals surface area contributed by atoms with Crippen molar-refractivity contribution in [3.63, 3.8) is 0 Å². The topological polar surface area (TPSA) is 38.7 Å². The minimum atomic E-state index is -0.361. The van der Waals surface area contributed by atoms with Gasteiger partial charge in [-0.15, -0.1) is 0 Å². The van der Waals surface area contributed by atoms with Crippen LogP contribution in [0.15, 0.2) is 225 Å². The summed E-state index contributed by atoms with van der Waals surface area (Å²) in [7, 11) is 0. The number of aromatic nitrogens is 3. The van der Waals surface area contributed by atoms with E-state index in [2.05, 4.69) is 225 Å². The fraction of sp³-hybridized carbons (Fsp3) is 0.0952. The molecule has 9 aromatic rings. The normalized spacial score (nSPS) is 22.2. The molecule has 0 radical (unpaired) electrons. The van der Waals surface area contributed by atoms with Crippen LogP contribution in [0.3, 0.4) is 0 Å². The van der Waals surface area contributed by atoms with Crippen molar-refractivity contribution < 1.29 is 0 Å². The van der Waals surface area contributed by atoms with Gasteiger partial charge in [-0.05, 0) is 89.7 Å². The molecule has 5 atom stereocenters. The van der Waals surface area contributed by atoms with E-state index in [0.29, 0.717) is 17.5 Å². The third-order valence-corrected chi connectivity index (χ3v) is 16.1. The highest BCUT2D eigenvalue weighted by molar-refractivity contribution is 5.96. The Labute approximate surface area is 383 Å². The van der Waals surface area contributed by atoms with Gasteiger partial charge in [-0.25, -0.2) is 15.0 Å². The number of fused-ring (bicyclic) bond motifs is 21. The molecule has 0 bridgehead atoms. The lowest BCUT2D eigenvalue weighted by molar-refractivity contribution is 0.465. The number of benzene rings is 8. The van der Waals surface area contributed by atoms with Crippen molar-refractivity contribution in [3.8, 4) is 56.4 Å². The Balaban J connectivity index is 0.974. The molecule has 8 aromatic carbocycles. The number of allylic oxidation sites excluding steroid dienone is 8. The first-order valence-corrected chi connectivity index (χ1v) is 23.4. The van der Waals surface area contributed by atoms with E-state index >= 15 is 0 Å². The van der Waals surface area contributed by atoms with Crippen LogP contribution in [0.1, 0.15) is 56.3 Å². The molecule has 0 N–H and O–H groups in total. The van der Waals surface area contributed by atoms with Gasteiger partial charge in [0.25, 0.3) is 0 Å². The van der Waals surface area contributed by atoms with Gasteiger partial charge in [-0.2, -0.15) is 0 Å². The van der Waals surface area contributed by atoms with Crippen molar-refractivity contribution in [2.24, 2.45) is 11.8 Å². The Morgan fingerprint density at radius 2 is 0.773 bits per heavy atom. The summed E-state index contributed by atoms with van der Waals surface area (Å²) in [6.07, 6.45) is 18.7. The standard InChI is InChI=1S/C63H41N3/c1-2-18-41-38(16-1)17-15-25-50(41)61-65-59(39-32-34-48-46-23-7-13-30-55(46)62(57(48)36-39)51-26-9-3-19-42(51)43-20-4-10-27-52(43)62)64-60(66-61)40-33-35-49-47-24-8-14-31-56(47)63(58(49)37-40)53-28-11-5-21-44(53)45-22-6-12-29-54(45)63/h1-37,42,47,51,56H. The van der Waals surface area contributed by atoms with Gasteiger partial charge in [0.15, 0.2) is 17.5 Å². The SMILES string of the molecule is C1=CC2c3ccccc3C3(c4ccccc4-c4ccc(-c5nc(-c6ccc7c(c6)C6(c8ccccc8-c8ccccc86)C6C=CC=CC76)nc(-c6cccc7ccccc67)n5)cc43)C2C=C1. The fourth-order valence-electron chi connectivity index (χ4n) is 13.7. The summed E-state index contributed by atoms with van der Waals surface area (Å²) in [4.78, 5) is 16.5. The Hall–Kier alpha value is -8.01. The molecule has 1 aromatic heterocycles. The van der Waals surface area contributed by atoms with Gasteiger partial charge in [0.05, 0.1) is 10.8 Å². The minimum absolute atomic E-state index is 0.232. The second kappa shape index (κ2) is 13.3. The molecule has 6 aliphatic carbocycles. The zero-order valence-corrected chi connectivity index (χ0v) is 36.0. The first-order valence-electron chi connectivity index (χ1n) is 23.4. The number of nitrogens with zero attached hydrogens (tertiary/aromatic N) is 3. The average Bonchev–Trinajstić information content (AvgIpc) is 4.07. The second-order valence-electron chi connectivity index (χ2n) is 18.9. The van der Waals surface area contributed by atoms with Gasteiger partial charge in [-0.1, -0.05) is 212 Å². The summed E-state index contributed by atoms with van der Waals surface area (Å²) in [6.45, 7) is 0. The molecule has 1 heterocycles. The molecule has 3 heteroatoms. The van der Waals surface area contributed by atoms with Gasteiger partial charge in [0.1, 0.15) is 0 Å². The molecule has 0 aliphatic heterocycles. The summed E-state index contributed by atoms with van der Waals surface area (Å²) in [5, 5.41) is 2.27. The van der Waals surface area contributed by atoms with Gasteiger partial charge in [-0.3, -0.25) is 0 Å². The van der Waals surface area contributed by atoms with Crippen LogP contribution in [0.2, 0.25) is 0 Å². The van der Waals surface area contributed by atoms with Crippen LogP contribution in [-0.2, 0) is 10.8 Å². The first kappa shape index (κ1) is 36.3. The van der Waals surface area contributed by atoms with E-state index < -0.39 is 0 Å². The number of hydrogen-bond acceptors (Lipinski definition) is 3. The summed E-state index contributed by atoms with van der Waals surface area (Å²) in [6, 6.07) is 65.4. The summed E-state index contributed by atoms with van der Waals surface area (Å²) < 4.78 is 0. The molecule has 0 amide bonds. The fourth-order valence-corrected chi connectivity index (χ4v) is 13.7. The van der Waals surface area contributed by atoms with Crippen LogP contribution in [-0.4, -0.2) is 15.0 Å². The molecule has 0 saturated heterocycles. The molecule has 66 heavy (non-hydrogen) atoms. The highest BCUT2D eigenvalue weighted by atomic mass is 15.0. The van der Waals surface area contributed by atoms with E-state index in [4.69, 9.17) is 15.0 Å². The van der Waals surface area contributed by atoms with Gasteiger partial charge in [0.2, 0.25) is 0 Å². The van der Waals surface area contributed by atoms with E-state index in [1.807, 2.05) is 0 Å². The molecule has 5 unspecified atom stereocenters. The van der Waals surface area contributed by atoms with Crippen LogP contribution in [0, 0.1) is 11.8 Å². The molecule has 3 nitrogen and oxygen atoms in total. The number of rotatable bonds is 3. The monoisotopic (exact) mass is 839 g/mol. The lowest BCUT2D eigenvalue weighted by Crippen LogP contribution is -2.33. The lowest BCUT2D eigenvalue weighted by Gasteiger charge is -2.36. The van der Waals surface area contributed by atoms with Gasteiger partial charge >= 0.3 is 0 Å². The maximum atomic E-state index is 5.54. The van der Waals surface area contributed by atoms with Crippen molar-refractivity contribution >= 4 is 10.8 Å². The van der Waals surface area contributed by atoms with Crippen molar-refractivity contribution in [2.75, 3.05) is 0 Å². The quantitative estimate of drug-likeness (QED) is 0.178. The smallest absolute Gasteiger partial charge is 0.164 e. The molecular formula is C63H41N3. The highest BCUT2D eigenvalue weighted by Crippen LogP contribution is 2.67. The van der Waals surface area contributed by atoms with Crippen LogP contribution >= 0.6 is 0 Å². The Bertz CT molecular complexity index is 3670. The molecule has 15 rings (SSSR count). The summed E-state index contributed by atoms with van der Waals surface area (Å²) in [5.74, 6) is 3.01. The Morgan fingerprint density at radius 1 is 0.318 bits per heavy atom. The number of hydrogen-bond donors (Lipinski definition) is 0. The average molecular weight is 840 g/mol. The Morgan fingerprint density at radius 3 is 1.44 bits per heavy atom. The summed E-state index contributed by atoms with van der Waals surface area (Å²) in [5.41, 5.74) is 18.4. The highest BCUT2D eigenvalue weighted by Gasteiger charge is 2.58. The van der Waals surface area contributed by atoms with Crippen molar-refractivity contribution in [1.29, 1.82) is 0 Å². The van der Waals surface area contributed by atoms with E-state index in [-0.39, 0.29) is 34.5 Å². The lowest BCUT2D eigenvalue weighted by atomic mass is 9.65. The van der Waals surface area contributed by atoms with E-state index in [1.54, 1.807) is 0 Å². The van der Waals surface area contributed by atoms with Crippen molar-refractivity contribution in [3.05, 3.63) is 269 Å². The minimum Gasteiger partial charge on any atom is -0.208 e. The largest absolute Gasteiger partial charge is 0.208 e.